The zero-order valence-electron chi connectivity index (χ0n) is 14.6. The zero-order chi connectivity index (χ0) is 17.9. The van der Waals surface area contributed by atoms with E-state index in [9.17, 15) is 0 Å². The topological polar surface area (TPSA) is 44.6 Å². The molecule has 0 radical (unpaired) electrons. The molecule has 5 nitrogen and oxygen atoms in total. The first-order valence-electron chi connectivity index (χ1n) is 8.64. The van der Waals surface area contributed by atoms with Gasteiger partial charge in [-0.05, 0) is 41.8 Å². The number of benzene rings is 1. The summed E-state index contributed by atoms with van der Waals surface area (Å²) >= 11 is 6.02. The van der Waals surface area contributed by atoms with Crippen molar-refractivity contribution in [2.24, 2.45) is 4.99 Å². The van der Waals surface area contributed by atoms with Gasteiger partial charge in [0.05, 0.1) is 11.4 Å². The summed E-state index contributed by atoms with van der Waals surface area (Å²) in [7, 11) is 2.06. The van der Waals surface area contributed by atoms with E-state index in [0.29, 0.717) is 0 Å². The van der Waals surface area contributed by atoms with Gasteiger partial charge < -0.3 is 4.90 Å². The molecule has 6 heteroatoms. The number of hydrogen-bond acceptors (Lipinski definition) is 5. The molecule has 0 spiro atoms. The first kappa shape index (κ1) is 16.9. The summed E-state index contributed by atoms with van der Waals surface area (Å²) in [6.07, 6.45) is 10.6. The van der Waals surface area contributed by atoms with Crippen molar-refractivity contribution in [3.05, 3.63) is 77.5 Å². The molecule has 0 aliphatic carbocycles. The van der Waals surface area contributed by atoms with E-state index in [2.05, 4.69) is 51.2 Å². The average Bonchev–Trinajstić information content (AvgIpc) is 2.70. The predicted molar refractivity (Wildman–Crippen MR) is 105 cm³/mol. The van der Waals surface area contributed by atoms with Gasteiger partial charge in [-0.25, -0.2) is 15.0 Å². The van der Waals surface area contributed by atoms with Crippen LogP contribution in [0.2, 0.25) is 5.02 Å². The fraction of sp³-hybridized carbons (Fsp3) is 0.250. The summed E-state index contributed by atoms with van der Waals surface area (Å²) in [4.78, 5) is 17.8. The van der Waals surface area contributed by atoms with E-state index >= 15 is 0 Å². The van der Waals surface area contributed by atoms with E-state index in [0.717, 1.165) is 35.9 Å². The van der Waals surface area contributed by atoms with Crippen molar-refractivity contribution in [2.75, 3.05) is 20.1 Å². The summed E-state index contributed by atoms with van der Waals surface area (Å²) in [5.41, 5.74) is 4.26. The van der Waals surface area contributed by atoms with Crippen molar-refractivity contribution in [3.8, 4) is 0 Å². The average molecular weight is 366 g/mol. The molecule has 1 aromatic heterocycles. The zero-order valence-corrected chi connectivity index (χ0v) is 15.3. The lowest BCUT2D eigenvalue weighted by Crippen LogP contribution is -2.47. The maximum Gasteiger partial charge on any atom is 0.179 e. The predicted octanol–water partition coefficient (Wildman–Crippen LogP) is 3.45. The molecule has 0 amide bonds. The highest BCUT2D eigenvalue weighted by Gasteiger charge is 2.26. The molecule has 1 unspecified atom stereocenters. The number of rotatable bonds is 3. The second-order valence-corrected chi connectivity index (χ2v) is 6.87. The van der Waals surface area contributed by atoms with Gasteiger partial charge in [0.1, 0.15) is 6.33 Å². The lowest BCUT2D eigenvalue weighted by Gasteiger charge is -2.38. The molecule has 0 fully saturated rings. The highest BCUT2D eigenvalue weighted by Crippen LogP contribution is 2.25. The fourth-order valence-electron chi connectivity index (χ4n) is 3.29. The van der Waals surface area contributed by atoms with Crippen molar-refractivity contribution < 1.29 is 0 Å². The highest BCUT2D eigenvalue weighted by molar-refractivity contribution is 6.30. The smallest absolute Gasteiger partial charge is 0.179 e. The quantitative estimate of drug-likeness (QED) is 0.835. The van der Waals surface area contributed by atoms with Crippen LogP contribution in [0.25, 0.3) is 5.57 Å². The Morgan fingerprint density at radius 2 is 2.00 bits per heavy atom. The lowest BCUT2D eigenvalue weighted by atomic mass is 10.0. The molecule has 0 bridgehead atoms. The number of aromatic nitrogens is 2. The number of halogens is 1. The van der Waals surface area contributed by atoms with E-state index in [1.807, 2.05) is 24.3 Å². The third-order valence-corrected chi connectivity index (χ3v) is 4.90. The van der Waals surface area contributed by atoms with Crippen LogP contribution in [-0.4, -0.2) is 51.9 Å². The van der Waals surface area contributed by atoms with Gasteiger partial charge in [0, 0.05) is 37.6 Å². The minimum atomic E-state index is -0.0408. The maximum atomic E-state index is 6.02. The molecule has 3 heterocycles. The van der Waals surface area contributed by atoms with Crippen molar-refractivity contribution in [2.45, 2.75) is 12.7 Å². The Balaban J connectivity index is 1.56. The Morgan fingerprint density at radius 1 is 1.15 bits per heavy atom. The molecular weight excluding hydrogens is 346 g/mol. The van der Waals surface area contributed by atoms with Crippen molar-refractivity contribution in [1.82, 2.24) is 19.8 Å². The second kappa shape index (κ2) is 7.40. The first-order chi connectivity index (χ1) is 12.7. The summed E-state index contributed by atoms with van der Waals surface area (Å²) < 4.78 is 0. The summed E-state index contributed by atoms with van der Waals surface area (Å²) in [6, 6.07) is 9.94. The van der Waals surface area contributed by atoms with Crippen LogP contribution in [0.5, 0.6) is 0 Å². The van der Waals surface area contributed by atoms with Crippen molar-refractivity contribution in [3.63, 3.8) is 0 Å². The van der Waals surface area contributed by atoms with E-state index in [4.69, 9.17) is 16.6 Å². The third-order valence-electron chi connectivity index (χ3n) is 4.65. The highest BCUT2D eigenvalue weighted by atomic mass is 35.5. The largest absolute Gasteiger partial charge is 0.347 e. The molecule has 0 saturated heterocycles. The Bertz CT molecular complexity index is 858. The van der Waals surface area contributed by atoms with Gasteiger partial charge in [-0.3, -0.25) is 4.90 Å². The van der Waals surface area contributed by atoms with Gasteiger partial charge in [0.25, 0.3) is 0 Å². The van der Waals surface area contributed by atoms with Gasteiger partial charge in [0.15, 0.2) is 6.29 Å². The van der Waals surface area contributed by atoms with Crippen LogP contribution in [0.4, 0.5) is 0 Å². The van der Waals surface area contributed by atoms with E-state index in [-0.39, 0.29) is 6.29 Å². The SMILES string of the molecule is CN1C=CC(c2ccncn2)=NC1N1CCC=C(c2ccc(Cl)cc2)C1. The molecule has 2 aliphatic heterocycles. The molecule has 132 valence electrons. The summed E-state index contributed by atoms with van der Waals surface area (Å²) in [5, 5.41) is 0.762. The Hall–Kier alpha value is -2.50. The minimum Gasteiger partial charge on any atom is -0.347 e. The van der Waals surface area contributed by atoms with E-state index < -0.39 is 0 Å². The van der Waals surface area contributed by atoms with Crippen LogP contribution < -0.4 is 0 Å². The normalized spacial score (nSPS) is 20.7. The van der Waals surface area contributed by atoms with Crippen LogP contribution in [-0.2, 0) is 0 Å². The molecule has 1 aromatic carbocycles. The Kier molecular flexibility index (Phi) is 4.82. The van der Waals surface area contributed by atoms with Gasteiger partial charge >= 0.3 is 0 Å². The lowest BCUT2D eigenvalue weighted by molar-refractivity contribution is 0.111. The molecular formula is C20H20ClN5. The number of hydrogen-bond donors (Lipinski definition) is 0. The number of nitrogens with zero attached hydrogens (tertiary/aromatic N) is 5. The standard InChI is InChI=1S/C20H20ClN5/c1-25-12-9-19(18-8-10-22-14-23-18)24-20(25)26-11-2-3-16(13-26)15-4-6-17(21)7-5-15/h3-10,12,14,20H,2,11,13H2,1H3. The van der Waals surface area contributed by atoms with Crippen molar-refractivity contribution >= 4 is 22.9 Å². The summed E-state index contributed by atoms with van der Waals surface area (Å²) in [5.74, 6) is 0. The maximum absolute atomic E-state index is 6.02. The number of aliphatic imine (C=N–C) groups is 1. The fourth-order valence-corrected chi connectivity index (χ4v) is 3.42. The second-order valence-electron chi connectivity index (χ2n) is 6.43. The van der Waals surface area contributed by atoms with Crippen LogP contribution in [0.3, 0.4) is 0 Å². The third kappa shape index (κ3) is 3.54. The van der Waals surface area contributed by atoms with Crippen LogP contribution in [0.15, 0.2) is 66.2 Å². The minimum absolute atomic E-state index is 0.0408. The van der Waals surface area contributed by atoms with Gasteiger partial charge in [0.2, 0.25) is 0 Å². The van der Waals surface area contributed by atoms with E-state index in [1.54, 1.807) is 12.5 Å². The molecule has 4 rings (SSSR count). The van der Waals surface area contributed by atoms with Gasteiger partial charge in [-0.15, -0.1) is 0 Å². The van der Waals surface area contributed by atoms with E-state index in [1.165, 1.54) is 11.1 Å². The monoisotopic (exact) mass is 365 g/mol. The molecule has 26 heavy (non-hydrogen) atoms. The first-order valence-corrected chi connectivity index (χ1v) is 9.02. The molecule has 0 saturated carbocycles. The molecule has 0 N–H and O–H groups in total. The molecule has 1 atom stereocenters. The van der Waals surface area contributed by atoms with Crippen LogP contribution >= 0.6 is 11.6 Å². The summed E-state index contributed by atoms with van der Waals surface area (Å²) in [6.45, 7) is 1.82. The molecule has 2 aliphatic rings. The van der Waals surface area contributed by atoms with Crippen molar-refractivity contribution in [1.29, 1.82) is 0 Å². The number of allylic oxidation sites excluding steroid dienone is 1. The Morgan fingerprint density at radius 3 is 2.77 bits per heavy atom. The van der Waals surface area contributed by atoms with Gasteiger partial charge in [-0.1, -0.05) is 29.8 Å². The molecule has 2 aromatic rings. The van der Waals surface area contributed by atoms with Crippen LogP contribution in [0, 0.1) is 0 Å². The Labute approximate surface area is 158 Å². The van der Waals surface area contributed by atoms with Gasteiger partial charge in [-0.2, -0.15) is 0 Å². The van der Waals surface area contributed by atoms with Crippen LogP contribution in [0.1, 0.15) is 17.7 Å².